The monoisotopic (exact) mass is 233 g/mol. The summed E-state index contributed by atoms with van der Waals surface area (Å²) in [5, 5.41) is 15.8. The summed E-state index contributed by atoms with van der Waals surface area (Å²) >= 11 is 0. The Morgan fingerprint density at radius 1 is 1.47 bits per heavy atom. The molecule has 0 aliphatic heterocycles. The number of aromatic nitrogens is 3. The Kier molecular flexibility index (Phi) is 3.46. The molecule has 0 amide bonds. The van der Waals surface area contributed by atoms with Crippen molar-refractivity contribution in [2.75, 3.05) is 6.26 Å². The van der Waals surface area contributed by atoms with Gasteiger partial charge in [0.05, 0.1) is 0 Å². The second-order valence-electron chi connectivity index (χ2n) is 3.35. The van der Waals surface area contributed by atoms with Crippen molar-refractivity contribution >= 4 is 9.84 Å². The van der Waals surface area contributed by atoms with Crippen LogP contribution in [0.1, 0.15) is 30.7 Å². The molecule has 1 heterocycles. The molecule has 0 saturated carbocycles. The lowest BCUT2D eigenvalue weighted by atomic mass is 10.4. The third kappa shape index (κ3) is 2.35. The maximum absolute atomic E-state index is 11.4. The van der Waals surface area contributed by atoms with E-state index >= 15 is 0 Å². The van der Waals surface area contributed by atoms with Gasteiger partial charge in [-0.1, -0.05) is 0 Å². The summed E-state index contributed by atoms with van der Waals surface area (Å²) in [5.41, 5.74) is 0. The summed E-state index contributed by atoms with van der Waals surface area (Å²) < 4.78 is 24.3. The summed E-state index contributed by atoms with van der Waals surface area (Å²) in [4.78, 5) is 0. The van der Waals surface area contributed by atoms with Crippen LogP contribution in [-0.2, 0) is 23.0 Å². The lowest BCUT2D eigenvalue weighted by Crippen LogP contribution is -2.15. The summed E-state index contributed by atoms with van der Waals surface area (Å²) in [6, 6.07) is 0. The quantitative estimate of drug-likeness (QED) is 0.784. The van der Waals surface area contributed by atoms with E-state index in [1.54, 1.807) is 11.5 Å². The standard InChI is InChI=1S/C8H15N3O3S/c1-4-11-7(5-12)9-10-8(11)6(2)15(3,13)14/h6,12H,4-5H2,1-3H3. The van der Waals surface area contributed by atoms with Crippen LogP contribution in [0.25, 0.3) is 0 Å². The molecule has 6 nitrogen and oxygen atoms in total. The molecule has 0 aliphatic carbocycles. The maximum Gasteiger partial charge on any atom is 0.158 e. The van der Waals surface area contributed by atoms with Crippen LogP contribution in [0.5, 0.6) is 0 Å². The zero-order chi connectivity index (χ0) is 11.6. The smallest absolute Gasteiger partial charge is 0.158 e. The highest BCUT2D eigenvalue weighted by atomic mass is 32.2. The van der Waals surface area contributed by atoms with Crippen LogP contribution < -0.4 is 0 Å². The molecule has 1 rings (SSSR count). The molecule has 1 atom stereocenters. The molecule has 86 valence electrons. The second kappa shape index (κ2) is 4.28. The minimum absolute atomic E-state index is 0.239. The van der Waals surface area contributed by atoms with E-state index in [1.807, 2.05) is 6.92 Å². The number of hydrogen-bond acceptors (Lipinski definition) is 5. The zero-order valence-electron chi connectivity index (χ0n) is 9.01. The third-order valence-electron chi connectivity index (χ3n) is 2.32. The average molecular weight is 233 g/mol. The Morgan fingerprint density at radius 2 is 2.07 bits per heavy atom. The van der Waals surface area contributed by atoms with Crippen molar-refractivity contribution in [3.63, 3.8) is 0 Å². The van der Waals surface area contributed by atoms with E-state index in [1.165, 1.54) is 0 Å². The van der Waals surface area contributed by atoms with Gasteiger partial charge in [-0.3, -0.25) is 0 Å². The Labute approximate surface area is 88.9 Å². The molecule has 1 unspecified atom stereocenters. The molecule has 0 saturated heterocycles. The average Bonchev–Trinajstić information content (AvgIpc) is 2.57. The van der Waals surface area contributed by atoms with Crippen molar-refractivity contribution in [2.45, 2.75) is 32.2 Å². The Hall–Kier alpha value is -0.950. The largest absolute Gasteiger partial charge is 0.388 e. The molecule has 1 aromatic rings. The first-order valence-electron chi connectivity index (χ1n) is 4.63. The summed E-state index contributed by atoms with van der Waals surface area (Å²) in [5.74, 6) is 0.770. The van der Waals surface area contributed by atoms with Crippen LogP contribution in [0.3, 0.4) is 0 Å². The number of nitrogens with zero attached hydrogens (tertiary/aromatic N) is 3. The van der Waals surface area contributed by atoms with Gasteiger partial charge in [0.15, 0.2) is 21.5 Å². The van der Waals surface area contributed by atoms with Crippen molar-refractivity contribution < 1.29 is 13.5 Å². The molecule has 0 aliphatic rings. The SMILES string of the molecule is CCn1c(CO)nnc1C(C)S(C)(=O)=O. The first-order valence-corrected chi connectivity index (χ1v) is 6.59. The van der Waals surface area contributed by atoms with Gasteiger partial charge >= 0.3 is 0 Å². The second-order valence-corrected chi connectivity index (χ2v) is 5.71. The van der Waals surface area contributed by atoms with Crippen LogP contribution in [0.15, 0.2) is 0 Å². The van der Waals surface area contributed by atoms with E-state index in [2.05, 4.69) is 10.2 Å². The highest BCUT2D eigenvalue weighted by Crippen LogP contribution is 2.19. The minimum atomic E-state index is -3.19. The lowest BCUT2D eigenvalue weighted by Gasteiger charge is -2.10. The van der Waals surface area contributed by atoms with Gasteiger partial charge in [-0.15, -0.1) is 10.2 Å². The van der Waals surface area contributed by atoms with Gasteiger partial charge in [-0.05, 0) is 13.8 Å². The van der Waals surface area contributed by atoms with Gasteiger partial charge in [0, 0.05) is 12.8 Å². The number of hydrogen-bond donors (Lipinski definition) is 1. The lowest BCUT2D eigenvalue weighted by molar-refractivity contribution is 0.264. The predicted octanol–water partition coefficient (Wildman–Crippen LogP) is -0.104. The fraction of sp³-hybridized carbons (Fsp3) is 0.750. The molecule has 0 aromatic carbocycles. The summed E-state index contributed by atoms with van der Waals surface area (Å²) in [7, 11) is -3.19. The van der Waals surface area contributed by atoms with Gasteiger partial charge in [-0.2, -0.15) is 0 Å². The van der Waals surface area contributed by atoms with Crippen molar-refractivity contribution in [1.29, 1.82) is 0 Å². The van der Waals surface area contributed by atoms with Crippen LogP contribution in [0, 0.1) is 0 Å². The molecular formula is C8H15N3O3S. The normalized spacial score (nSPS) is 14.1. The molecule has 0 fully saturated rings. The van der Waals surface area contributed by atoms with Crippen molar-refractivity contribution in [3.8, 4) is 0 Å². The van der Waals surface area contributed by atoms with E-state index in [-0.39, 0.29) is 6.61 Å². The number of aliphatic hydroxyl groups excluding tert-OH is 1. The molecule has 7 heteroatoms. The third-order valence-corrected chi connectivity index (χ3v) is 3.81. The van der Waals surface area contributed by atoms with Crippen molar-refractivity contribution in [1.82, 2.24) is 14.8 Å². The Morgan fingerprint density at radius 3 is 2.47 bits per heavy atom. The zero-order valence-corrected chi connectivity index (χ0v) is 9.82. The molecule has 1 N–H and O–H groups in total. The van der Waals surface area contributed by atoms with Gasteiger partial charge in [0.25, 0.3) is 0 Å². The van der Waals surface area contributed by atoms with Crippen LogP contribution in [0.4, 0.5) is 0 Å². The Bertz CT molecular complexity index is 438. The number of sulfone groups is 1. The first-order chi connectivity index (χ1) is 6.91. The van der Waals surface area contributed by atoms with E-state index in [4.69, 9.17) is 5.11 Å². The molecule has 0 bridgehead atoms. The fourth-order valence-electron chi connectivity index (χ4n) is 1.30. The Balaban J connectivity index is 3.21. The van der Waals surface area contributed by atoms with Gasteiger partial charge in [0.2, 0.25) is 0 Å². The summed E-state index contributed by atoms with van der Waals surface area (Å²) in [6.45, 7) is 3.71. The molecule has 1 aromatic heterocycles. The van der Waals surface area contributed by atoms with Crippen LogP contribution >= 0.6 is 0 Å². The molecule has 0 radical (unpaired) electrons. The molecule has 15 heavy (non-hydrogen) atoms. The van der Waals surface area contributed by atoms with Gasteiger partial charge in [-0.25, -0.2) is 8.42 Å². The highest BCUT2D eigenvalue weighted by molar-refractivity contribution is 7.90. The van der Waals surface area contributed by atoms with Crippen LogP contribution in [-0.4, -0.2) is 34.5 Å². The van der Waals surface area contributed by atoms with Gasteiger partial charge < -0.3 is 9.67 Å². The van der Waals surface area contributed by atoms with E-state index in [0.717, 1.165) is 6.26 Å². The first kappa shape index (κ1) is 12.1. The fourth-order valence-corrected chi connectivity index (χ4v) is 1.86. The minimum Gasteiger partial charge on any atom is -0.388 e. The van der Waals surface area contributed by atoms with Crippen molar-refractivity contribution in [3.05, 3.63) is 11.6 Å². The van der Waals surface area contributed by atoms with Crippen LogP contribution in [0.2, 0.25) is 0 Å². The number of aliphatic hydroxyl groups is 1. The van der Waals surface area contributed by atoms with E-state index in [0.29, 0.717) is 18.2 Å². The van der Waals surface area contributed by atoms with Crippen molar-refractivity contribution in [2.24, 2.45) is 0 Å². The predicted molar refractivity (Wildman–Crippen MR) is 54.9 cm³/mol. The van der Waals surface area contributed by atoms with Gasteiger partial charge in [0.1, 0.15) is 11.9 Å². The topological polar surface area (TPSA) is 85.1 Å². The number of rotatable bonds is 4. The molecule has 0 spiro atoms. The van der Waals surface area contributed by atoms with E-state index in [9.17, 15) is 8.42 Å². The summed E-state index contributed by atoms with van der Waals surface area (Å²) in [6.07, 6.45) is 1.16. The maximum atomic E-state index is 11.4. The highest BCUT2D eigenvalue weighted by Gasteiger charge is 2.24. The molecular weight excluding hydrogens is 218 g/mol. The van der Waals surface area contributed by atoms with E-state index < -0.39 is 15.1 Å².